The number of carbonyl (C=O) groups excluding carboxylic acids is 1. The summed E-state index contributed by atoms with van der Waals surface area (Å²) in [5.74, 6) is -0.321. The van der Waals surface area contributed by atoms with Gasteiger partial charge in [-0.25, -0.2) is 9.78 Å². The van der Waals surface area contributed by atoms with E-state index >= 15 is 0 Å². The maximum absolute atomic E-state index is 11.4. The summed E-state index contributed by atoms with van der Waals surface area (Å²) in [4.78, 5) is 16.3. The third-order valence-electron chi connectivity index (χ3n) is 1.68. The van der Waals surface area contributed by atoms with E-state index in [1.807, 2.05) is 20.8 Å². The number of rotatable bonds is 1. The Bertz CT molecular complexity index is 354. The topological polar surface area (TPSA) is 39.2 Å². The Balaban J connectivity index is 3.23. The van der Waals surface area contributed by atoms with Crippen molar-refractivity contribution in [3.8, 4) is 0 Å². The van der Waals surface area contributed by atoms with Gasteiger partial charge in [-0.05, 0) is 15.9 Å². The van der Waals surface area contributed by atoms with Gasteiger partial charge in [0, 0.05) is 5.41 Å². The van der Waals surface area contributed by atoms with E-state index in [-0.39, 0.29) is 11.4 Å². The number of thiazole rings is 1. The highest BCUT2D eigenvalue weighted by Gasteiger charge is 2.26. The lowest BCUT2D eigenvalue weighted by Gasteiger charge is -2.16. The Morgan fingerprint density at radius 3 is 2.50 bits per heavy atom. The molecule has 78 valence electrons. The quantitative estimate of drug-likeness (QED) is 0.741. The maximum Gasteiger partial charge on any atom is 0.350 e. The first-order valence-electron chi connectivity index (χ1n) is 4.11. The first kappa shape index (κ1) is 11.7. The zero-order valence-corrected chi connectivity index (χ0v) is 11.0. The van der Waals surface area contributed by atoms with Gasteiger partial charge in [0.15, 0.2) is 3.92 Å². The summed E-state index contributed by atoms with van der Waals surface area (Å²) in [5.41, 5.74) is 0.632. The molecule has 0 radical (unpaired) electrons. The second kappa shape index (κ2) is 3.98. The van der Waals surface area contributed by atoms with Crippen LogP contribution in [0.5, 0.6) is 0 Å². The van der Waals surface area contributed by atoms with Crippen LogP contribution < -0.4 is 0 Å². The van der Waals surface area contributed by atoms with Crippen LogP contribution >= 0.6 is 27.3 Å². The molecule has 3 nitrogen and oxygen atoms in total. The van der Waals surface area contributed by atoms with Crippen molar-refractivity contribution in [1.29, 1.82) is 0 Å². The van der Waals surface area contributed by atoms with Gasteiger partial charge in [0.2, 0.25) is 0 Å². The lowest BCUT2D eigenvalue weighted by atomic mass is 9.91. The first-order chi connectivity index (χ1) is 6.36. The highest BCUT2D eigenvalue weighted by Crippen LogP contribution is 2.32. The Morgan fingerprint density at radius 1 is 1.50 bits per heavy atom. The van der Waals surface area contributed by atoms with E-state index in [1.165, 1.54) is 18.4 Å². The van der Waals surface area contributed by atoms with Crippen molar-refractivity contribution in [2.24, 2.45) is 0 Å². The van der Waals surface area contributed by atoms with Crippen LogP contribution in [0.25, 0.3) is 0 Å². The Kier molecular flexibility index (Phi) is 3.32. The monoisotopic (exact) mass is 277 g/mol. The Labute approximate surface area is 95.6 Å². The van der Waals surface area contributed by atoms with Gasteiger partial charge < -0.3 is 4.74 Å². The molecular formula is C9H12BrNO2S. The second-order valence-electron chi connectivity index (χ2n) is 3.89. The molecular weight excluding hydrogens is 266 g/mol. The largest absolute Gasteiger partial charge is 0.465 e. The molecule has 0 saturated heterocycles. The van der Waals surface area contributed by atoms with Crippen molar-refractivity contribution in [2.75, 3.05) is 7.11 Å². The molecule has 0 fully saturated rings. The smallest absolute Gasteiger partial charge is 0.350 e. The van der Waals surface area contributed by atoms with Gasteiger partial charge in [0.25, 0.3) is 0 Å². The average molecular weight is 278 g/mol. The van der Waals surface area contributed by atoms with E-state index in [9.17, 15) is 4.79 Å². The zero-order chi connectivity index (χ0) is 10.9. The van der Waals surface area contributed by atoms with Crippen molar-refractivity contribution in [2.45, 2.75) is 26.2 Å². The molecule has 5 heteroatoms. The summed E-state index contributed by atoms with van der Waals surface area (Å²) in [6.45, 7) is 6.04. The van der Waals surface area contributed by atoms with Crippen molar-refractivity contribution < 1.29 is 9.53 Å². The number of carbonyl (C=O) groups is 1. The summed E-state index contributed by atoms with van der Waals surface area (Å²) in [7, 11) is 1.38. The lowest BCUT2D eigenvalue weighted by Crippen LogP contribution is -2.16. The Hall–Kier alpha value is -0.420. The fourth-order valence-corrected chi connectivity index (χ4v) is 2.62. The molecule has 0 bridgehead atoms. The minimum absolute atomic E-state index is 0.147. The van der Waals surface area contributed by atoms with Crippen molar-refractivity contribution in [1.82, 2.24) is 4.98 Å². The summed E-state index contributed by atoms with van der Waals surface area (Å²) in [6, 6.07) is 0. The number of halogens is 1. The van der Waals surface area contributed by atoms with E-state index in [2.05, 4.69) is 20.9 Å². The number of ether oxygens (including phenoxy) is 1. The second-order valence-corrected chi connectivity index (χ2v) is 6.16. The predicted molar refractivity (Wildman–Crippen MR) is 59.9 cm³/mol. The SMILES string of the molecule is COC(=O)c1sc(Br)nc1C(C)(C)C. The number of esters is 1. The summed E-state index contributed by atoms with van der Waals surface area (Å²) in [5, 5.41) is 0. The number of aromatic nitrogens is 1. The van der Waals surface area contributed by atoms with Gasteiger partial charge >= 0.3 is 5.97 Å². The van der Waals surface area contributed by atoms with Gasteiger partial charge in [0.05, 0.1) is 12.8 Å². The fraction of sp³-hybridized carbons (Fsp3) is 0.556. The summed E-state index contributed by atoms with van der Waals surface area (Å²) in [6.07, 6.45) is 0. The van der Waals surface area contributed by atoms with Gasteiger partial charge in [0.1, 0.15) is 4.88 Å². The molecule has 0 aliphatic heterocycles. The molecule has 14 heavy (non-hydrogen) atoms. The molecule has 1 aromatic rings. The van der Waals surface area contributed by atoms with Crippen LogP contribution in [0.3, 0.4) is 0 Å². The lowest BCUT2D eigenvalue weighted by molar-refractivity contribution is 0.0603. The van der Waals surface area contributed by atoms with Crippen LogP contribution in [0, 0.1) is 0 Å². The number of hydrogen-bond donors (Lipinski definition) is 0. The standard InChI is InChI=1S/C9H12BrNO2S/c1-9(2,3)6-5(7(12)13-4)14-8(10)11-6/h1-4H3. The van der Waals surface area contributed by atoms with Crippen LogP contribution in [0.2, 0.25) is 0 Å². The molecule has 1 aromatic heterocycles. The third-order valence-corrected chi connectivity index (χ3v) is 3.17. The number of nitrogens with zero attached hydrogens (tertiary/aromatic N) is 1. The highest BCUT2D eigenvalue weighted by atomic mass is 79.9. The minimum atomic E-state index is -0.321. The zero-order valence-electron chi connectivity index (χ0n) is 8.55. The van der Waals surface area contributed by atoms with Gasteiger partial charge in [-0.3, -0.25) is 0 Å². The van der Waals surface area contributed by atoms with Crippen molar-refractivity contribution >= 4 is 33.2 Å². The predicted octanol–water partition coefficient (Wildman–Crippen LogP) is 2.99. The molecule has 0 spiro atoms. The molecule has 0 atom stereocenters. The van der Waals surface area contributed by atoms with Gasteiger partial charge in [-0.15, -0.1) is 0 Å². The minimum Gasteiger partial charge on any atom is -0.465 e. The van der Waals surface area contributed by atoms with E-state index in [1.54, 1.807) is 0 Å². The maximum atomic E-state index is 11.4. The van der Waals surface area contributed by atoms with E-state index in [0.717, 1.165) is 5.69 Å². The number of hydrogen-bond acceptors (Lipinski definition) is 4. The van der Waals surface area contributed by atoms with Crippen molar-refractivity contribution in [3.63, 3.8) is 0 Å². The molecule has 0 saturated carbocycles. The molecule has 0 aliphatic rings. The van der Waals surface area contributed by atoms with Crippen LogP contribution in [0.1, 0.15) is 36.1 Å². The van der Waals surface area contributed by atoms with Crippen LogP contribution in [-0.4, -0.2) is 18.1 Å². The molecule has 0 aliphatic carbocycles. The normalized spacial score (nSPS) is 11.5. The van der Waals surface area contributed by atoms with E-state index in [4.69, 9.17) is 4.74 Å². The third kappa shape index (κ3) is 2.33. The molecule has 0 unspecified atom stereocenters. The van der Waals surface area contributed by atoms with E-state index < -0.39 is 0 Å². The van der Waals surface area contributed by atoms with Crippen LogP contribution in [0.15, 0.2) is 3.92 Å². The average Bonchev–Trinajstić information content (AvgIpc) is 2.45. The van der Waals surface area contributed by atoms with Gasteiger partial charge in [-0.1, -0.05) is 32.1 Å². The molecule has 1 rings (SSSR count). The molecule has 0 aromatic carbocycles. The number of methoxy groups -OCH3 is 1. The van der Waals surface area contributed by atoms with Crippen molar-refractivity contribution in [3.05, 3.63) is 14.5 Å². The summed E-state index contributed by atoms with van der Waals surface area (Å²) >= 11 is 4.58. The van der Waals surface area contributed by atoms with E-state index in [0.29, 0.717) is 8.79 Å². The van der Waals surface area contributed by atoms with Gasteiger partial charge in [-0.2, -0.15) is 0 Å². The van der Waals surface area contributed by atoms with Crippen LogP contribution in [-0.2, 0) is 10.2 Å². The highest BCUT2D eigenvalue weighted by molar-refractivity contribution is 9.11. The molecule has 0 N–H and O–H groups in total. The molecule has 0 amide bonds. The Morgan fingerprint density at radius 2 is 2.07 bits per heavy atom. The van der Waals surface area contributed by atoms with Crippen LogP contribution in [0.4, 0.5) is 0 Å². The first-order valence-corrected chi connectivity index (χ1v) is 5.72. The fourth-order valence-electron chi connectivity index (χ4n) is 1.03. The molecule has 1 heterocycles. The summed E-state index contributed by atoms with van der Waals surface area (Å²) < 4.78 is 5.41.